The number of carbonyl (C=O) groups is 1. The summed E-state index contributed by atoms with van der Waals surface area (Å²) in [6.45, 7) is 3.12. The molecule has 0 unspecified atom stereocenters. The van der Waals surface area contributed by atoms with Crippen LogP contribution in [0.5, 0.6) is 0 Å². The Bertz CT molecular complexity index is 835. The van der Waals surface area contributed by atoms with Gasteiger partial charge in [0, 0.05) is 37.1 Å². The predicted molar refractivity (Wildman–Crippen MR) is 96.0 cm³/mol. The quantitative estimate of drug-likeness (QED) is 0.673. The van der Waals surface area contributed by atoms with Gasteiger partial charge in [-0.2, -0.15) is 0 Å². The molecule has 3 aromatic rings. The van der Waals surface area contributed by atoms with Crippen LogP contribution in [0.25, 0.3) is 10.8 Å². The van der Waals surface area contributed by atoms with E-state index in [0.29, 0.717) is 18.9 Å². The number of benzene rings is 1. The molecule has 0 saturated carbocycles. The van der Waals surface area contributed by atoms with Crippen LogP contribution in [0.3, 0.4) is 0 Å². The van der Waals surface area contributed by atoms with Crippen molar-refractivity contribution in [1.29, 1.82) is 0 Å². The largest absolute Gasteiger partial charge is 0.380 e. The summed E-state index contributed by atoms with van der Waals surface area (Å²) in [5.41, 5.74) is 2.10. The van der Waals surface area contributed by atoms with Crippen LogP contribution in [-0.4, -0.2) is 22.5 Å². The molecule has 1 aromatic carbocycles. The molecule has 6 heteroatoms. The first-order valence-electron chi connectivity index (χ1n) is 7.82. The van der Waals surface area contributed by atoms with Crippen molar-refractivity contribution in [3.05, 3.63) is 60.6 Å². The summed E-state index contributed by atoms with van der Waals surface area (Å²) in [5.74, 6) is 0.533. The smallest absolute Gasteiger partial charge is 0.320 e. The molecule has 2 aromatic heterocycles. The van der Waals surface area contributed by atoms with E-state index in [9.17, 15) is 4.79 Å². The standard InChI is InChI=1S/C18H19N5O/c1-2-20-18(24)23-17-9-13-5-3-6-14(16(13)12-22-17)10-21-15-7-4-8-19-11-15/h3-9,11-12,21H,2,10H2,1H3,(H2,20,22,23,24). The van der Waals surface area contributed by atoms with Crippen LogP contribution in [0.1, 0.15) is 12.5 Å². The number of amides is 2. The molecule has 0 bridgehead atoms. The lowest BCUT2D eigenvalue weighted by Gasteiger charge is -2.10. The number of aromatic nitrogens is 2. The highest BCUT2D eigenvalue weighted by atomic mass is 16.2. The van der Waals surface area contributed by atoms with Crippen LogP contribution >= 0.6 is 0 Å². The van der Waals surface area contributed by atoms with Crippen LogP contribution < -0.4 is 16.0 Å². The second-order valence-electron chi connectivity index (χ2n) is 5.29. The zero-order valence-corrected chi connectivity index (χ0v) is 13.4. The lowest BCUT2D eigenvalue weighted by atomic mass is 10.1. The van der Waals surface area contributed by atoms with Gasteiger partial charge < -0.3 is 10.6 Å². The van der Waals surface area contributed by atoms with Crippen LogP contribution in [0, 0.1) is 0 Å². The van der Waals surface area contributed by atoms with E-state index in [0.717, 1.165) is 22.0 Å². The molecule has 0 aliphatic heterocycles. The zero-order chi connectivity index (χ0) is 16.8. The Balaban J connectivity index is 1.78. The van der Waals surface area contributed by atoms with Crippen LogP contribution in [-0.2, 0) is 6.54 Å². The van der Waals surface area contributed by atoms with Gasteiger partial charge in [0.15, 0.2) is 0 Å². The first-order chi connectivity index (χ1) is 11.8. The number of nitrogens with one attached hydrogen (secondary N) is 3. The van der Waals surface area contributed by atoms with Crippen LogP contribution in [0.15, 0.2) is 55.0 Å². The van der Waals surface area contributed by atoms with Gasteiger partial charge in [-0.15, -0.1) is 0 Å². The van der Waals surface area contributed by atoms with Crippen molar-refractivity contribution in [3.8, 4) is 0 Å². The van der Waals surface area contributed by atoms with E-state index < -0.39 is 0 Å². The molecule has 0 aliphatic rings. The van der Waals surface area contributed by atoms with Crippen molar-refractivity contribution in [3.63, 3.8) is 0 Å². The summed E-state index contributed by atoms with van der Waals surface area (Å²) in [6, 6.07) is 11.6. The lowest BCUT2D eigenvalue weighted by molar-refractivity contribution is 0.252. The number of urea groups is 1. The average molecular weight is 321 g/mol. The SMILES string of the molecule is CCNC(=O)Nc1cc2cccc(CNc3cccnc3)c2cn1. The molecular weight excluding hydrogens is 302 g/mol. The third-order valence-corrected chi connectivity index (χ3v) is 3.58. The summed E-state index contributed by atoms with van der Waals surface area (Å²) in [7, 11) is 0. The van der Waals surface area contributed by atoms with Gasteiger partial charge in [-0.3, -0.25) is 10.3 Å². The molecule has 6 nitrogen and oxygen atoms in total. The maximum Gasteiger partial charge on any atom is 0.320 e. The van der Waals surface area contributed by atoms with Gasteiger partial charge in [-0.05, 0) is 36.1 Å². The number of hydrogen-bond acceptors (Lipinski definition) is 4. The molecule has 0 atom stereocenters. The van der Waals surface area contributed by atoms with Gasteiger partial charge in [0.05, 0.1) is 5.69 Å². The van der Waals surface area contributed by atoms with Crippen molar-refractivity contribution in [2.24, 2.45) is 0 Å². The van der Waals surface area contributed by atoms with E-state index in [1.165, 1.54) is 0 Å². The second-order valence-corrected chi connectivity index (χ2v) is 5.29. The van der Waals surface area contributed by atoms with Crippen molar-refractivity contribution >= 4 is 28.3 Å². The molecule has 0 radical (unpaired) electrons. The topological polar surface area (TPSA) is 78.9 Å². The summed E-state index contributed by atoms with van der Waals surface area (Å²) >= 11 is 0. The Kier molecular flexibility index (Phi) is 4.86. The Morgan fingerprint density at radius 3 is 2.88 bits per heavy atom. The highest BCUT2D eigenvalue weighted by Gasteiger charge is 2.05. The molecule has 0 aliphatic carbocycles. The number of rotatable bonds is 5. The number of pyridine rings is 2. The van der Waals surface area contributed by atoms with Gasteiger partial charge in [-0.1, -0.05) is 18.2 Å². The molecular formula is C18H19N5O. The molecule has 0 fully saturated rings. The van der Waals surface area contributed by atoms with E-state index in [2.05, 4.69) is 32.0 Å². The number of anilines is 2. The number of carbonyl (C=O) groups excluding carboxylic acids is 1. The molecule has 2 heterocycles. The zero-order valence-electron chi connectivity index (χ0n) is 13.4. The summed E-state index contributed by atoms with van der Waals surface area (Å²) in [5, 5.41) is 10.8. The van der Waals surface area contributed by atoms with Gasteiger partial charge in [0.25, 0.3) is 0 Å². The van der Waals surface area contributed by atoms with Crippen molar-refractivity contribution in [2.75, 3.05) is 17.2 Å². The minimum Gasteiger partial charge on any atom is -0.380 e. The van der Waals surface area contributed by atoms with E-state index in [1.807, 2.05) is 37.3 Å². The normalized spacial score (nSPS) is 10.4. The summed E-state index contributed by atoms with van der Waals surface area (Å²) in [6.07, 6.45) is 5.32. The monoisotopic (exact) mass is 321 g/mol. The van der Waals surface area contributed by atoms with E-state index in [1.54, 1.807) is 18.6 Å². The minimum atomic E-state index is -0.251. The predicted octanol–water partition coefficient (Wildman–Crippen LogP) is 3.38. The van der Waals surface area contributed by atoms with Crippen molar-refractivity contribution in [2.45, 2.75) is 13.5 Å². The second kappa shape index (κ2) is 7.41. The Morgan fingerprint density at radius 1 is 1.17 bits per heavy atom. The lowest BCUT2D eigenvalue weighted by Crippen LogP contribution is -2.28. The van der Waals surface area contributed by atoms with Crippen molar-refractivity contribution < 1.29 is 4.79 Å². The van der Waals surface area contributed by atoms with Crippen LogP contribution in [0.2, 0.25) is 0 Å². The van der Waals surface area contributed by atoms with E-state index >= 15 is 0 Å². The first kappa shape index (κ1) is 15.7. The summed E-state index contributed by atoms with van der Waals surface area (Å²) < 4.78 is 0. The molecule has 122 valence electrons. The van der Waals surface area contributed by atoms with Gasteiger partial charge in [-0.25, -0.2) is 9.78 Å². The van der Waals surface area contributed by atoms with Gasteiger partial charge in [0.2, 0.25) is 0 Å². The van der Waals surface area contributed by atoms with Crippen LogP contribution in [0.4, 0.5) is 16.3 Å². The molecule has 3 rings (SSSR count). The fraction of sp³-hybridized carbons (Fsp3) is 0.167. The Hall–Kier alpha value is -3.15. The maximum absolute atomic E-state index is 11.6. The fourth-order valence-corrected chi connectivity index (χ4v) is 2.44. The third kappa shape index (κ3) is 3.78. The number of nitrogens with zero attached hydrogens (tertiary/aromatic N) is 2. The Morgan fingerprint density at radius 2 is 2.08 bits per heavy atom. The number of fused-ring (bicyclic) bond motifs is 1. The minimum absolute atomic E-state index is 0.251. The molecule has 3 N–H and O–H groups in total. The molecule has 2 amide bonds. The molecule has 0 saturated heterocycles. The van der Waals surface area contributed by atoms with Gasteiger partial charge >= 0.3 is 6.03 Å². The fourth-order valence-electron chi connectivity index (χ4n) is 2.44. The summed E-state index contributed by atoms with van der Waals surface area (Å²) in [4.78, 5) is 20.0. The Labute approximate surface area is 140 Å². The van der Waals surface area contributed by atoms with E-state index in [4.69, 9.17) is 0 Å². The first-order valence-corrected chi connectivity index (χ1v) is 7.82. The van der Waals surface area contributed by atoms with E-state index in [-0.39, 0.29) is 6.03 Å². The molecule has 24 heavy (non-hydrogen) atoms. The molecule has 0 spiro atoms. The van der Waals surface area contributed by atoms with Crippen molar-refractivity contribution in [1.82, 2.24) is 15.3 Å². The maximum atomic E-state index is 11.6. The number of hydrogen-bond donors (Lipinski definition) is 3. The van der Waals surface area contributed by atoms with Gasteiger partial charge in [0.1, 0.15) is 5.82 Å². The highest BCUT2D eigenvalue weighted by molar-refractivity contribution is 5.92. The average Bonchev–Trinajstić information content (AvgIpc) is 2.60. The highest BCUT2D eigenvalue weighted by Crippen LogP contribution is 2.21. The third-order valence-electron chi connectivity index (χ3n) is 3.58.